The summed E-state index contributed by atoms with van der Waals surface area (Å²) in [6.45, 7) is 5.19. The van der Waals surface area contributed by atoms with Gasteiger partial charge in [-0.1, -0.05) is 18.5 Å². The lowest BCUT2D eigenvalue weighted by molar-refractivity contribution is 0.0556. The molecule has 1 unspecified atom stereocenters. The van der Waals surface area contributed by atoms with Crippen molar-refractivity contribution in [3.05, 3.63) is 21.3 Å². The van der Waals surface area contributed by atoms with Crippen molar-refractivity contribution in [1.82, 2.24) is 5.32 Å². The molecular formula is C10H16ClNOS. The van der Waals surface area contributed by atoms with Crippen LogP contribution in [-0.2, 0) is 6.54 Å². The Morgan fingerprint density at radius 2 is 2.29 bits per heavy atom. The fourth-order valence-electron chi connectivity index (χ4n) is 1.03. The molecule has 0 amide bonds. The number of rotatable bonds is 5. The monoisotopic (exact) mass is 233 g/mol. The third kappa shape index (κ3) is 3.96. The summed E-state index contributed by atoms with van der Waals surface area (Å²) in [7, 11) is 0. The van der Waals surface area contributed by atoms with E-state index < -0.39 is 5.60 Å². The predicted molar refractivity (Wildman–Crippen MR) is 62.0 cm³/mol. The standard InChI is InChI=1S/C10H16ClNOS/c1-3-10(2,13)7-12-6-8-4-5-9(11)14-8/h4-5,12-13H,3,6-7H2,1-2H3. The van der Waals surface area contributed by atoms with Gasteiger partial charge in [0.15, 0.2) is 0 Å². The molecule has 0 fully saturated rings. The fourth-order valence-corrected chi connectivity index (χ4v) is 2.08. The van der Waals surface area contributed by atoms with E-state index in [0.29, 0.717) is 6.54 Å². The first-order chi connectivity index (χ1) is 6.53. The SMILES string of the molecule is CCC(C)(O)CNCc1ccc(Cl)s1. The van der Waals surface area contributed by atoms with E-state index >= 15 is 0 Å². The minimum absolute atomic E-state index is 0.610. The number of halogens is 1. The molecule has 14 heavy (non-hydrogen) atoms. The molecule has 0 bridgehead atoms. The number of hydrogen-bond donors (Lipinski definition) is 2. The Morgan fingerprint density at radius 1 is 1.57 bits per heavy atom. The lowest BCUT2D eigenvalue weighted by Crippen LogP contribution is -2.36. The molecule has 0 aliphatic heterocycles. The zero-order valence-electron chi connectivity index (χ0n) is 8.51. The summed E-state index contributed by atoms with van der Waals surface area (Å²) in [6.07, 6.45) is 0.755. The van der Waals surface area contributed by atoms with Gasteiger partial charge in [0, 0.05) is 18.0 Å². The van der Waals surface area contributed by atoms with Crippen molar-refractivity contribution in [3.63, 3.8) is 0 Å². The van der Waals surface area contributed by atoms with E-state index in [0.717, 1.165) is 17.3 Å². The molecule has 2 N–H and O–H groups in total. The maximum Gasteiger partial charge on any atom is 0.0931 e. The van der Waals surface area contributed by atoms with Crippen LogP contribution in [0.2, 0.25) is 4.34 Å². The zero-order chi connectivity index (χ0) is 10.6. The Balaban J connectivity index is 2.28. The van der Waals surface area contributed by atoms with E-state index in [-0.39, 0.29) is 0 Å². The van der Waals surface area contributed by atoms with Crippen LogP contribution in [0.1, 0.15) is 25.1 Å². The van der Waals surface area contributed by atoms with Crippen molar-refractivity contribution < 1.29 is 5.11 Å². The Hall–Kier alpha value is -0.0900. The van der Waals surface area contributed by atoms with Gasteiger partial charge in [0.2, 0.25) is 0 Å². The van der Waals surface area contributed by atoms with Crippen LogP contribution in [0.5, 0.6) is 0 Å². The molecule has 1 atom stereocenters. The van der Waals surface area contributed by atoms with E-state index in [4.69, 9.17) is 11.6 Å². The lowest BCUT2D eigenvalue weighted by atomic mass is 10.0. The zero-order valence-corrected chi connectivity index (χ0v) is 10.1. The lowest BCUT2D eigenvalue weighted by Gasteiger charge is -2.21. The Morgan fingerprint density at radius 3 is 2.79 bits per heavy atom. The highest BCUT2D eigenvalue weighted by molar-refractivity contribution is 7.16. The van der Waals surface area contributed by atoms with Crippen molar-refractivity contribution >= 4 is 22.9 Å². The van der Waals surface area contributed by atoms with Gasteiger partial charge in [0.1, 0.15) is 0 Å². The number of nitrogens with one attached hydrogen (secondary N) is 1. The quantitative estimate of drug-likeness (QED) is 0.820. The second-order valence-electron chi connectivity index (χ2n) is 3.66. The van der Waals surface area contributed by atoms with Crippen molar-refractivity contribution in [3.8, 4) is 0 Å². The molecule has 1 heterocycles. The highest BCUT2D eigenvalue weighted by Crippen LogP contribution is 2.21. The van der Waals surface area contributed by atoms with Gasteiger partial charge in [-0.15, -0.1) is 11.3 Å². The Bertz CT molecular complexity index is 285. The van der Waals surface area contributed by atoms with E-state index in [1.54, 1.807) is 11.3 Å². The molecule has 0 aromatic carbocycles. The molecular weight excluding hydrogens is 218 g/mol. The van der Waals surface area contributed by atoms with Crippen LogP contribution >= 0.6 is 22.9 Å². The van der Waals surface area contributed by atoms with Gasteiger partial charge in [0.25, 0.3) is 0 Å². The molecule has 0 saturated heterocycles. The normalized spacial score (nSPS) is 15.4. The van der Waals surface area contributed by atoms with Gasteiger partial charge in [-0.05, 0) is 25.5 Å². The van der Waals surface area contributed by atoms with E-state index in [1.165, 1.54) is 4.88 Å². The van der Waals surface area contributed by atoms with Crippen molar-refractivity contribution in [2.75, 3.05) is 6.54 Å². The first-order valence-electron chi connectivity index (χ1n) is 4.71. The van der Waals surface area contributed by atoms with Crippen LogP contribution in [0, 0.1) is 0 Å². The highest BCUT2D eigenvalue weighted by atomic mass is 35.5. The van der Waals surface area contributed by atoms with Gasteiger partial charge < -0.3 is 10.4 Å². The fraction of sp³-hybridized carbons (Fsp3) is 0.600. The summed E-state index contributed by atoms with van der Waals surface area (Å²) in [5.41, 5.74) is -0.610. The predicted octanol–water partition coefficient (Wildman–Crippen LogP) is 2.65. The van der Waals surface area contributed by atoms with Crippen LogP contribution in [0.4, 0.5) is 0 Å². The average Bonchev–Trinajstić information content (AvgIpc) is 2.51. The van der Waals surface area contributed by atoms with E-state index in [1.807, 2.05) is 26.0 Å². The molecule has 1 aromatic heterocycles. The van der Waals surface area contributed by atoms with Gasteiger partial charge in [-0.3, -0.25) is 0 Å². The maximum absolute atomic E-state index is 9.72. The molecule has 1 aromatic rings. The van der Waals surface area contributed by atoms with Gasteiger partial charge in [0.05, 0.1) is 9.94 Å². The number of hydrogen-bond acceptors (Lipinski definition) is 3. The molecule has 4 heteroatoms. The largest absolute Gasteiger partial charge is 0.389 e. The summed E-state index contributed by atoms with van der Waals surface area (Å²) in [5, 5.41) is 12.9. The molecule has 2 nitrogen and oxygen atoms in total. The summed E-state index contributed by atoms with van der Waals surface area (Å²) in [4.78, 5) is 1.20. The summed E-state index contributed by atoms with van der Waals surface area (Å²) in [6, 6.07) is 3.89. The molecule has 0 radical (unpaired) electrons. The molecule has 0 saturated carbocycles. The first-order valence-corrected chi connectivity index (χ1v) is 5.90. The minimum atomic E-state index is -0.610. The Kier molecular flexibility index (Phi) is 4.38. The second kappa shape index (κ2) is 5.12. The Labute approximate surface area is 93.9 Å². The van der Waals surface area contributed by atoms with Crippen LogP contribution in [0.15, 0.2) is 12.1 Å². The molecule has 1 rings (SSSR count). The summed E-state index contributed by atoms with van der Waals surface area (Å²) >= 11 is 7.37. The second-order valence-corrected chi connectivity index (χ2v) is 5.46. The molecule has 0 aliphatic rings. The van der Waals surface area contributed by atoms with Gasteiger partial charge in [-0.25, -0.2) is 0 Å². The average molecular weight is 234 g/mol. The topological polar surface area (TPSA) is 32.3 Å². The molecule has 80 valence electrons. The number of aliphatic hydroxyl groups is 1. The van der Waals surface area contributed by atoms with Crippen LogP contribution < -0.4 is 5.32 Å². The van der Waals surface area contributed by atoms with E-state index in [9.17, 15) is 5.11 Å². The molecule has 0 aliphatic carbocycles. The van der Waals surface area contributed by atoms with Gasteiger partial charge >= 0.3 is 0 Å². The number of thiophene rings is 1. The minimum Gasteiger partial charge on any atom is -0.389 e. The van der Waals surface area contributed by atoms with Crippen LogP contribution in [-0.4, -0.2) is 17.3 Å². The first kappa shape index (κ1) is 12.0. The third-order valence-electron chi connectivity index (χ3n) is 2.20. The van der Waals surface area contributed by atoms with Crippen molar-refractivity contribution in [2.45, 2.75) is 32.4 Å². The van der Waals surface area contributed by atoms with Crippen LogP contribution in [0.3, 0.4) is 0 Å². The van der Waals surface area contributed by atoms with E-state index in [2.05, 4.69) is 5.32 Å². The summed E-state index contributed by atoms with van der Waals surface area (Å²) in [5.74, 6) is 0. The third-order valence-corrected chi connectivity index (χ3v) is 3.43. The van der Waals surface area contributed by atoms with Crippen LogP contribution in [0.25, 0.3) is 0 Å². The smallest absolute Gasteiger partial charge is 0.0931 e. The van der Waals surface area contributed by atoms with Crippen molar-refractivity contribution in [2.24, 2.45) is 0 Å². The highest BCUT2D eigenvalue weighted by Gasteiger charge is 2.16. The maximum atomic E-state index is 9.72. The van der Waals surface area contributed by atoms with Gasteiger partial charge in [-0.2, -0.15) is 0 Å². The van der Waals surface area contributed by atoms with Crippen molar-refractivity contribution in [1.29, 1.82) is 0 Å². The summed E-state index contributed by atoms with van der Waals surface area (Å²) < 4.78 is 0.809. The molecule has 0 spiro atoms.